The molecule has 1 N–H and O–H groups in total. The van der Waals surface area contributed by atoms with Crippen molar-refractivity contribution in [1.29, 1.82) is 0 Å². The molecule has 5 aromatic rings. The summed E-state index contributed by atoms with van der Waals surface area (Å²) in [6.45, 7) is 5.93. The molecule has 0 aliphatic carbocycles. The first-order valence-corrected chi connectivity index (χ1v) is 10.1. The van der Waals surface area contributed by atoms with E-state index in [1.54, 1.807) is 4.68 Å². The summed E-state index contributed by atoms with van der Waals surface area (Å²) in [6.07, 6.45) is 0.102. The summed E-state index contributed by atoms with van der Waals surface area (Å²) in [5.41, 5.74) is 5.21. The maximum atomic E-state index is 12.8. The fraction of sp³-hybridized carbons (Fsp3) is 0.167. The van der Waals surface area contributed by atoms with Crippen LogP contribution in [0.2, 0.25) is 0 Å². The first-order valence-electron chi connectivity index (χ1n) is 10.1. The van der Waals surface area contributed by atoms with E-state index in [4.69, 9.17) is 4.52 Å². The minimum Gasteiger partial charge on any atom is -0.356 e. The number of para-hydroxylation sites is 1. The van der Waals surface area contributed by atoms with Crippen molar-refractivity contribution in [1.82, 2.24) is 19.9 Å². The Morgan fingerprint density at radius 1 is 1.03 bits per heavy atom. The molecular formula is C24H21N5O2. The lowest BCUT2D eigenvalue weighted by molar-refractivity contribution is -0.115. The maximum Gasteiger partial charge on any atom is 0.231 e. The van der Waals surface area contributed by atoms with Gasteiger partial charge in [-0.05, 0) is 62.2 Å². The highest BCUT2D eigenvalue weighted by Crippen LogP contribution is 2.24. The molecule has 0 unspecified atom stereocenters. The Balaban J connectivity index is 1.43. The molecule has 1 amide bonds. The van der Waals surface area contributed by atoms with Crippen LogP contribution in [0.3, 0.4) is 0 Å². The first-order chi connectivity index (χ1) is 15.0. The van der Waals surface area contributed by atoms with Gasteiger partial charge in [-0.25, -0.2) is 4.98 Å². The van der Waals surface area contributed by atoms with Gasteiger partial charge in [-0.3, -0.25) is 4.79 Å². The number of hydrogen-bond donors (Lipinski definition) is 1. The number of aryl methyl sites for hydroxylation is 3. The van der Waals surface area contributed by atoms with Gasteiger partial charge in [-0.1, -0.05) is 23.4 Å². The smallest absolute Gasteiger partial charge is 0.231 e. The van der Waals surface area contributed by atoms with Crippen LogP contribution in [0.5, 0.6) is 0 Å². The normalized spacial score (nSPS) is 11.3. The van der Waals surface area contributed by atoms with Gasteiger partial charge in [0.05, 0.1) is 17.6 Å². The van der Waals surface area contributed by atoms with E-state index in [1.807, 2.05) is 75.4 Å². The van der Waals surface area contributed by atoms with Gasteiger partial charge in [-0.2, -0.15) is 9.78 Å². The zero-order valence-electron chi connectivity index (χ0n) is 17.5. The largest absolute Gasteiger partial charge is 0.356 e. The highest BCUT2D eigenvalue weighted by Gasteiger charge is 2.17. The minimum atomic E-state index is -0.199. The monoisotopic (exact) mass is 411 g/mol. The molecule has 154 valence electrons. The van der Waals surface area contributed by atoms with E-state index in [-0.39, 0.29) is 12.3 Å². The van der Waals surface area contributed by atoms with Crippen molar-refractivity contribution < 1.29 is 9.32 Å². The van der Waals surface area contributed by atoms with Crippen LogP contribution < -0.4 is 5.32 Å². The fourth-order valence-corrected chi connectivity index (χ4v) is 3.65. The fourth-order valence-electron chi connectivity index (χ4n) is 3.65. The number of amides is 1. The SMILES string of the molecule is Cc1cc(NC(=O)Cc2noc3cc(C)c(C)cc23)n(-c2ccc3ccccc3n2)n1. The predicted octanol–water partition coefficient (Wildman–Crippen LogP) is 4.67. The van der Waals surface area contributed by atoms with Crippen molar-refractivity contribution in [2.24, 2.45) is 0 Å². The molecule has 3 heterocycles. The summed E-state index contributed by atoms with van der Waals surface area (Å²) < 4.78 is 7.06. The summed E-state index contributed by atoms with van der Waals surface area (Å²) in [6, 6.07) is 17.5. The van der Waals surface area contributed by atoms with Crippen LogP contribution in [-0.2, 0) is 11.2 Å². The molecule has 0 atom stereocenters. The second kappa shape index (κ2) is 7.36. The van der Waals surface area contributed by atoms with Gasteiger partial charge in [-0.15, -0.1) is 0 Å². The predicted molar refractivity (Wildman–Crippen MR) is 119 cm³/mol. The molecule has 7 heteroatoms. The Morgan fingerprint density at radius 2 is 1.84 bits per heavy atom. The summed E-state index contributed by atoms with van der Waals surface area (Å²) in [5, 5.41) is 13.5. The number of pyridine rings is 1. The molecule has 0 aliphatic heterocycles. The van der Waals surface area contributed by atoms with Crippen molar-refractivity contribution in [3.05, 3.63) is 77.1 Å². The molecule has 3 aromatic heterocycles. The lowest BCUT2D eigenvalue weighted by Gasteiger charge is -2.09. The molecule has 0 radical (unpaired) electrons. The van der Waals surface area contributed by atoms with Crippen LogP contribution in [0.1, 0.15) is 22.5 Å². The van der Waals surface area contributed by atoms with Gasteiger partial charge in [0.1, 0.15) is 11.5 Å². The summed E-state index contributed by atoms with van der Waals surface area (Å²) >= 11 is 0. The average molecular weight is 411 g/mol. The van der Waals surface area contributed by atoms with Gasteiger partial charge < -0.3 is 9.84 Å². The van der Waals surface area contributed by atoms with E-state index in [0.717, 1.165) is 33.1 Å². The van der Waals surface area contributed by atoms with Crippen molar-refractivity contribution in [3.8, 4) is 5.82 Å². The van der Waals surface area contributed by atoms with Crippen molar-refractivity contribution >= 4 is 33.6 Å². The van der Waals surface area contributed by atoms with Gasteiger partial charge in [0.25, 0.3) is 0 Å². The Bertz CT molecular complexity index is 1450. The second-order valence-corrected chi connectivity index (χ2v) is 7.73. The van der Waals surface area contributed by atoms with Crippen LogP contribution in [0.25, 0.3) is 27.7 Å². The number of aromatic nitrogens is 4. The molecule has 0 fully saturated rings. The van der Waals surface area contributed by atoms with Crippen LogP contribution in [0, 0.1) is 20.8 Å². The summed E-state index contributed by atoms with van der Waals surface area (Å²) in [4.78, 5) is 17.5. The third kappa shape index (κ3) is 3.54. The van der Waals surface area contributed by atoms with Crippen LogP contribution in [0.4, 0.5) is 5.82 Å². The Kier molecular flexibility index (Phi) is 4.51. The average Bonchev–Trinajstić information content (AvgIpc) is 3.30. The van der Waals surface area contributed by atoms with Gasteiger partial charge >= 0.3 is 0 Å². The second-order valence-electron chi connectivity index (χ2n) is 7.73. The molecule has 0 aliphatic rings. The Morgan fingerprint density at radius 3 is 2.71 bits per heavy atom. The standard InChI is InChI=1S/C24H21N5O2/c1-14-10-18-20(28-31-21(18)11-15(14)2)13-24(30)26-23-12-16(3)27-29(23)22-9-8-17-6-4-5-7-19(17)25-22/h4-12H,13H2,1-3H3,(H,26,30). The van der Waals surface area contributed by atoms with E-state index in [0.29, 0.717) is 22.9 Å². The molecule has 2 aromatic carbocycles. The van der Waals surface area contributed by atoms with Crippen LogP contribution in [0.15, 0.2) is 59.1 Å². The number of fused-ring (bicyclic) bond motifs is 2. The Hall–Kier alpha value is -4.00. The number of benzene rings is 2. The number of carbonyl (C=O) groups is 1. The van der Waals surface area contributed by atoms with E-state index < -0.39 is 0 Å². The lowest BCUT2D eigenvalue weighted by Crippen LogP contribution is -2.17. The zero-order chi connectivity index (χ0) is 21.5. The number of hydrogen-bond acceptors (Lipinski definition) is 5. The molecule has 0 bridgehead atoms. The minimum absolute atomic E-state index is 0.102. The van der Waals surface area contributed by atoms with Crippen LogP contribution in [-0.4, -0.2) is 25.8 Å². The van der Waals surface area contributed by atoms with Crippen LogP contribution >= 0.6 is 0 Å². The highest BCUT2D eigenvalue weighted by atomic mass is 16.5. The molecular weight excluding hydrogens is 390 g/mol. The quantitative estimate of drug-likeness (QED) is 0.465. The number of nitrogens with zero attached hydrogens (tertiary/aromatic N) is 4. The van der Waals surface area contributed by atoms with E-state index >= 15 is 0 Å². The summed E-state index contributed by atoms with van der Waals surface area (Å²) in [7, 11) is 0. The molecule has 0 saturated heterocycles. The van der Waals surface area contributed by atoms with Gasteiger partial charge in [0.15, 0.2) is 11.4 Å². The molecule has 0 saturated carbocycles. The third-order valence-corrected chi connectivity index (χ3v) is 5.39. The van der Waals surface area contributed by atoms with Crippen molar-refractivity contribution in [2.45, 2.75) is 27.2 Å². The number of carbonyl (C=O) groups excluding carboxylic acids is 1. The third-order valence-electron chi connectivity index (χ3n) is 5.39. The topological polar surface area (TPSA) is 85.8 Å². The van der Waals surface area contributed by atoms with Gasteiger partial charge in [0.2, 0.25) is 5.91 Å². The van der Waals surface area contributed by atoms with E-state index in [1.165, 1.54) is 0 Å². The van der Waals surface area contributed by atoms with Crippen molar-refractivity contribution in [3.63, 3.8) is 0 Å². The number of nitrogens with one attached hydrogen (secondary N) is 1. The molecule has 31 heavy (non-hydrogen) atoms. The number of rotatable bonds is 4. The maximum absolute atomic E-state index is 12.8. The summed E-state index contributed by atoms with van der Waals surface area (Å²) in [5.74, 6) is 1.00. The van der Waals surface area contributed by atoms with E-state index in [9.17, 15) is 4.79 Å². The Labute approximate surface area is 178 Å². The lowest BCUT2D eigenvalue weighted by atomic mass is 10.1. The number of anilines is 1. The molecule has 0 spiro atoms. The highest BCUT2D eigenvalue weighted by molar-refractivity contribution is 5.94. The van der Waals surface area contributed by atoms with Crippen molar-refractivity contribution in [2.75, 3.05) is 5.32 Å². The first kappa shape index (κ1) is 19.0. The molecule has 7 nitrogen and oxygen atoms in total. The van der Waals surface area contributed by atoms with Gasteiger partial charge in [0, 0.05) is 16.8 Å². The molecule has 5 rings (SSSR count). The van der Waals surface area contributed by atoms with E-state index in [2.05, 4.69) is 20.6 Å². The zero-order valence-corrected chi connectivity index (χ0v) is 17.5.